The Morgan fingerprint density at radius 1 is 1.29 bits per heavy atom. The van der Waals surface area contributed by atoms with Gasteiger partial charge >= 0.3 is 0 Å². The van der Waals surface area contributed by atoms with Gasteiger partial charge in [0.15, 0.2) is 11.9 Å². The van der Waals surface area contributed by atoms with Crippen LogP contribution in [0.15, 0.2) is 18.2 Å². The van der Waals surface area contributed by atoms with E-state index in [2.05, 4.69) is 52.8 Å². The largest absolute Gasteiger partial charge is 0.482 e. The molecule has 1 aromatic rings. The summed E-state index contributed by atoms with van der Waals surface area (Å²) >= 11 is 0. The summed E-state index contributed by atoms with van der Waals surface area (Å²) in [5.74, 6) is 2.39. The van der Waals surface area contributed by atoms with E-state index in [0.29, 0.717) is 11.7 Å². The third-order valence-electron chi connectivity index (χ3n) is 7.29. The minimum absolute atomic E-state index is 0.141. The molecule has 0 N–H and O–H groups in total. The van der Waals surface area contributed by atoms with Crippen molar-refractivity contribution in [2.75, 3.05) is 0 Å². The van der Waals surface area contributed by atoms with Gasteiger partial charge in [0.1, 0.15) is 5.75 Å². The summed E-state index contributed by atoms with van der Waals surface area (Å²) in [6.07, 6.45) is 4.49. The molecule has 0 amide bonds. The topological polar surface area (TPSA) is 26.3 Å². The summed E-state index contributed by atoms with van der Waals surface area (Å²) < 4.78 is 6.21. The van der Waals surface area contributed by atoms with Gasteiger partial charge in [-0.15, -0.1) is 0 Å². The number of rotatable bonds is 4. The maximum Gasteiger partial charge on any atom is 0.177 e. The van der Waals surface area contributed by atoms with Crippen molar-refractivity contribution in [3.05, 3.63) is 29.3 Å². The molecule has 1 aliphatic heterocycles. The third kappa shape index (κ3) is 2.04. The van der Waals surface area contributed by atoms with Crippen LogP contribution < -0.4 is 4.74 Å². The normalized spacial score (nSPS) is 32.6. The van der Waals surface area contributed by atoms with Crippen LogP contribution in [0, 0.1) is 17.3 Å². The molecule has 24 heavy (non-hydrogen) atoms. The SMILES string of the molecule is CCCCC(C)(C)c1ccc2c(c1)O[C@H]1C(=O)[C@@H]3C[C@H]([C@@H]21)C3(C)C. The van der Waals surface area contributed by atoms with Crippen molar-refractivity contribution >= 4 is 5.78 Å². The molecular formula is C22H30O2. The molecule has 130 valence electrons. The molecule has 1 heterocycles. The third-order valence-corrected chi connectivity index (χ3v) is 7.29. The standard InChI is InChI=1S/C22H30O2/c1-6-7-10-21(2,3)13-8-9-14-17(11-13)24-20-18(14)15-12-16(19(20)23)22(15,4)5/h8-9,11,15-16,18,20H,6-7,10,12H2,1-5H3/t15-,16+,18-,20-/m1/s1. The molecule has 3 aliphatic carbocycles. The molecule has 2 heteroatoms. The summed E-state index contributed by atoms with van der Waals surface area (Å²) in [6.45, 7) is 11.4. The van der Waals surface area contributed by atoms with Crippen molar-refractivity contribution in [3.8, 4) is 5.75 Å². The van der Waals surface area contributed by atoms with Gasteiger partial charge in [0.2, 0.25) is 0 Å². The summed E-state index contributed by atoms with van der Waals surface area (Å²) in [7, 11) is 0. The van der Waals surface area contributed by atoms with Crippen molar-refractivity contribution in [1.82, 2.24) is 0 Å². The molecule has 0 spiro atoms. The first-order valence-corrected chi connectivity index (χ1v) is 9.62. The highest BCUT2D eigenvalue weighted by atomic mass is 16.5. The number of carbonyl (C=O) groups excluding carboxylic acids is 1. The first kappa shape index (κ1) is 16.2. The lowest BCUT2D eigenvalue weighted by Gasteiger charge is -2.59. The van der Waals surface area contributed by atoms with Gasteiger partial charge in [0, 0.05) is 17.4 Å². The molecule has 3 fully saturated rings. The predicted octanol–water partition coefficient (Wildman–Crippen LogP) is 5.24. The number of Topliss-reactive ketones (excluding diaryl/α,β-unsaturated/α-hetero) is 1. The molecule has 4 atom stereocenters. The summed E-state index contributed by atoms with van der Waals surface area (Å²) in [5, 5.41) is 0. The number of ether oxygens (including phenoxy) is 1. The minimum atomic E-state index is -0.217. The molecule has 0 radical (unpaired) electrons. The molecule has 5 rings (SSSR count). The maximum absolute atomic E-state index is 12.8. The van der Waals surface area contributed by atoms with E-state index in [1.807, 2.05) is 0 Å². The van der Waals surface area contributed by atoms with Gasteiger partial charge in [-0.25, -0.2) is 0 Å². The smallest absolute Gasteiger partial charge is 0.177 e. The first-order chi connectivity index (χ1) is 11.3. The lowest BCUT2D eigenvalue weighted by molar-refractivity contribution is -0.164. The molecule has 1 aromatic carbocycles. The van der Waals surface area contributed by atoms with E-state index in [4.69, 9.17) is 4.74 Å². The van der Waals surface area contributed by atoms with Crippen LogP contribution in [0.2, 0.25) is 0 Å². The Hall–Kier alpha value is -1.31. The van der Waals surface area contributed by atoms with Crippen LogP contribution in [-0.2, 0) is 10.2 Å². The number of fused-ring (bicyclic) bond motifs is 1. The fraction of sp³-hybridized carbons (Fsp3) is 0.682. The van der Waals surface area contributed by atoms with E-state index < -0.39 is 0 Å². The molecule has 3 saturated carbocycles. The first-order valence-electron chi connectivity index (χ1n) is 9.62. The van der Waals surface area contributed by atoms with E-state index >= 15 is 0 Å². The fourth-order valence-corrected chi connectivity index (χ4v) is 5.38. The lowest BCUT2D eigenvalue weighted by Crippen LogP contribution is -2.61. The summed E-state index contributed by atoms with van der Waals surface area (Å²) in [4.78, 5) is 12.8. The van der Waals surface area contributed by atoms with Crippen LogP contribution in [0.1, 0.15) is 77.3 Å². The number of benzene rings is 1. The van der Waals surface area contributed by atoms with E-state index in [1.54, 1.807) is 0 Å². The van der Waals surface area contributed by atoms with Gasteiger partial charge in [-0.3, -0.25) is 4.79 Å². The number of hydrogen-bond acceptors (Lipinski definition) is 2. The van der Waals surface area contributed by atoms with Crippen molar-refractivity contribution in [2.24, 2.45) is 17.3 Å². The van der Waals surface area contributed by atoms with Gasteiger partial charge in [-0.05, 0) is 41.2 Å². The Labute approximate surface area is 146 Å². The van der Waals surface area contributed by atoms with Gasteiger partial charge in [0.25, 0.3) is 0 Å². The van der Waals surface area contributed by atoms with Crippen molar-refractivity contribution < 1.29 is 9.53 Å². The molecule has 2 bridgehead atoms. The van der Waals surface area contributed by atoms with Crippen LogP contribution in [0.5, 0.6) is 5.75 Å². The molecule has 0 saturated heterocycles. The van der Waals surface area contributed by atoms with Gasteiger partial charge in [0.05, 0.1) is 0 Å². The van der Waals surface area contributed by atoms with Crippen LogP contribution in [0.4, 0.5) is 0 Å². The Bertz CT molecular complexity index is 685. The van der Waals surface area contributed by atoms with E-state index in [-0.39, 0.29) is 28.8 Å². The number of hydrogen-bond donors (Lipinski definition) is 0. The molecule has 4 aliphatic rings. The van der Waals surface area contributed by atoms with Gasteiger partial charge in [-0.1, -0.05) is 59.6 Å². The van der Waals surface area contributed by atoms with Crippen LogP contribution in [0.25, 0.3) is 0 Å². The van der Waals surface area contributed by atoms with Crippen LogP contribution in [0.3, 0.4) is 0 Å². The second kappa shape index (κ2) is 5.09. The summed E-state index contributed by atoms with van der Waals surface area (Å²) in [6, 6.07) is 6.76. The highest BCUT2D eigenvalue weighted by molar-refractivity contribution is 5.91. The zero-order chi connectivity index (χ0) is 17.3. The minimum Gasteiger partial charge on any atom is -0.482 e. The van der Waals surface area contributed by atoms with Crippen molar-refractivity contribution in [3.63, 3.8) is 0 Å². The predicted molar refractivity (Wildman–Crippen MR) is 96.5 cm³/mol. The lowest BCUT2D eigenvalue weighted by atomic mass is 9.44. The molecular weight excluding hydrogens is 296 g/mol. The quantitative estimate of drug-likeness (QED) is 0.756. The Balaban J connectivity index is 1.67. The number of carbonyl (C=O) groups is 1. The zero-order valence-electron chi connectivity index (χ0n) is 15.7. The van der Waals surface area contributed by atoms with Crippen molar-refractivity contribution in [1.29, 1.82) is 0 Å². The molecule has 0 aromatic heterocycles. The second-order valence-electron chi connectivity index (χ2n) is 9.42. The van der Waals surface area contributed by atoms with Crippen LogP contribution in [-0.4, -0.2) is 11.9 Å². The van der Waals surface area contributed by atoms with Gasteiger partial charge in [-0.2, -0.15) is 0 Å². The highest BCUT2D eigenvalue weighted by Gasteiger charge is 2.65. The van der Waals surface area contributed by atoms with E-state index in [9.17, 15) is 4.79 Å². The number of ketones is 1. The Kier molecular flexibility index (Phi) is 3.43. The fourth-order valence-electron chi connectivity index (χ4n) is 5.38. The molecule has 2 nitrogen and oxygen atoms in total. The average molecular weight is 326 g/mol. The Morgan fingerprint density at radius 3 is 2.71 bits per heavy atom. The maximum atomic E-state index is 12.8. The Morgan fingerprint density at radius 2 is 2.04 bits per heavy atom. The number of unbranched alkanes of at least 4 members (excludes halogenated alkanes) is 1. The van der Waals surface area contributed by atoms with Gasteiger partial charge < -0.3 is 4.74 Å². The van der Waals surface area contributed by atoms with Crippen molar-refractivity contribution in [2.45, 2.75) is 77.7 Å². The zero-order valence-corrected chi connectivity index (χ0v) is 15.7. The van der Waals surface area contributed by atoms with E-state index in [0.717, 1.165) is 12.2 Å². The van der Waals surface area contributed by atoms with E-state index in [1.165, 1.54) is 30.4 Å². The highest BCUT2D eigenvalue weighted by Crippen LogP contribution is 2.65. The molecule has 0 unspecified atom stereocenters. The van der Waals surface area contributed by atoms with Crippen LogP contribution >= 0.6 is 0 Å². The average Bonchev–Trinajstić information content (AvgIpc) is 2.92. The summed E-state index contributed by atoms with van der Waals surface area (Å²) in [5.41, 5.74) is 2.92. The second-order valence-corrected chi connectivity index (χ2v) is 9.42. The monoisotopic (exact) mass is 326 g/mol.